The molecule has 0 bridgehead atoms. The van der Waals surface area contributed by atoms with Gasteiger partial charge in [0.25, 0.3) is 0 Å². The van der Waals surface area contributed by atoms with Crippen LogP contribution in [-0.4, -0.2) is 5.11 Å². The summed E-state index contributed by atoms with van der Waals surface area (Å²) in [4.78, 5) is 0. The number of phenols is 1. The lowest BCUT2D eigenvalue weighted by atomic mass is 10.0. The van der Waals surface area contributed by atoms with Crippen molar-refractivity contribution in [2.75, 3.05) is 0 Å². The highest BCUT2D eigenvalue weighted by atomic mass is 79.9. The first-order chi connectivity index (χ1) is 9.47. The first-order valence-electron chi connectivity index (χ1n) is 6.47. The fraction of sp³-hybridized carbons (Fsp3) is 0.250. The lowest BCUT2D eigenvalue weighted by Crippen LogP contribution is -2.22. The Labute approximate surface area is 126 Å². The van der Waals surface area contributed by atoms with Gasteiger partial charge in [0, 0.05) is 22.1 Å². The molecule has 2 atom stereocenters. The molecule has 0 aromatic heterocycles. The lowest BCUT2D eigenvalue weighted by molar-refractivity contribution is 0.435. The third-order valence-electron chi connectivity index (χ3n) is 3.33. The maximum atomic E-state index is 13.3. The topological polar surface area (TPSA) is 32.3 Å². The number of hydrogen-bond acceptors (Lipinski definition) is 2. The monoisotopic (exact) mass is 337 g/mol. The number of phenolic OH excluding ortho intramolecular Hbond substituents is 1. The van der Waals surface area contributed by atoms with Crippen LogP contribution < -0.4 is 5.32 Å². The zero-order chi connectivity index (χ0) is 14.7. The Morgan fingerprint density at radius 1 is 1.05 bits per heavy atom. The first-order valence-corrected chi connectivity index (χ1v) is 7.26. The van der Waals surface area contributed by atoms with Crippen molar-refractivity contribution in [3.63, 3.8) is 0 Å². The van der Waals surface area contributed by atoms with Crippen molar-refractivity contribution in [2.45, 2.75) is 25.9 Å². The van der Waals surface area contributed by atoms with Crippen molar-refractivity contribution < 1.29 is 9.50 Å². The van der Waals surface area contributed by atoms with Gasteiger partial charge in [-0.2, -0.15) is 0 Å². The summed E-state index contributed by atoms with van der Waals surface area (Å²) in [5, 5.41) is 13.2. The summed E-state index contributed by atoms with van der Waals surface area (Å²) in [7, 11) is 0. The van der Waals surface area contributed by atoms with Gasteiger partial charge in [-0.05, 0) is 49.7 Å². The molecule has 0 aliphatic heterocycles. The third-order valence-corrected chi connectivity index (χ3v) is 3.85. The smallest absolute Gasteiger partial charge is 0.123 e. The van der Waals surface area contributed by atoms with Gasteiger partial charge in [-0.15, -0.1) is 0 Å². The summed E-state index contributed by atoms with van der Waals surface area (Å²) in [6, 6.07) is 12.0. The number of aromatic hydroxyl groups is 1. The van der Waals surface area contributed by atoms with E-state index in [0.717, 1.165) is 10.0 Å². The second-order valence-corrected chi connectivity index (χ2v) is 5.78. The molecule has 0 fully saturated rings. The highest BCUT2D eigenvalue weighted by molar-refractivity contribution is 9.10. The van der Waals surface area contributed by atoms with Crippen LogP contribution in [0.1, 0.15) is 37.1 Å². The molecule has 0 saturated carbocycles. The largest absolute Gasteiger partial charge is 0.508 e. The number of nitrogens with one attached hydrogen (secondary N) is 1. The second-order valence-electron chi connectivity index (χ2n) is 4.86. The van der Waals surface area contributed by atoms with Crippen molar-refractivity contribution in [2.24, 2.45) is 0 Å². The molecule has 1 unspecified atom stereocenters. The van der Waals surface area contributed by atoms with Crippen molar-refractivity contribution in [3.8, 4) is 5.75 Å². The van der Waals surface area contributed by atoms with E-state index in [1.54, 1.807) is 0 Å². The summed E-state index contributed by atoms with van der Waals surface area (Å²) in [5.74, 6) is -0.239. The van der Waals surface area contributed by atoms with Gasteiger partial charge < -0.3 is 10.4 Å². The molecule has 106 valence electrons. The van der Waals surface area contributed by atoms with Gasteiger partial charge in [0.05, 0.1) is 0 Å². The normalized spacial score (nSPS) is 14.0. The Bertz CT molecular complexity index is 586. The van der Waals surface area contributed by atoms with Crippen molar-refractivity contribution in [1.29, 1.82) is 0 Å². The molecule has 2 N–H and O–H groups in total. The standard InChI is InChI=1S/C16H17BrFNO/c1-10(12-3-5-13(17)6-4-12)19-11(2)15-9-14(18)7-8-16(15)20/h3-11,19-20H,1-2H3/t10-,11?/m0/s1. The highest BCUT2D eigenvalue weighted by Crippen LogP contribution is 2.27. The average Bonchev–Trinajstić information content (AvgIpc) is 2.42. The molecule has 0 aliphatic rings. The molecule has 0 aliphatic carbocycles. The van der Waals surface area contributed by atoms with Gasteiger partial charge >= 0.3 is 0 Å². The SMILES string of the molecule is CC(N[C@@H](C)c1ccc(Br)cc1)c1cc(F)ccc1O. The third kappa shape index (κ3) is 3.58. The predicted octanol–water partition coefficient (Wildman–Crippen LogP) is 4.71. The molecule has 0 heterocycles. The molecule has 0 radical (unpaired) electrons. The Hall–Kier alpha value is -1.39. The summed E-state index contributed by atoms with van der Waals surface area (Å²) < 4.78 is 14.3. The Balaban J connectivity index is 2.12. The van der Waals surface area contributed by atoms with Crippen LogP contribution in [0.25, 0.3) is 0 Å². The second kappa shape index (κ2) is 6.37. The molecular formula is C16H17BrFNO. The minimum Gasteiger partial charge on any atom is -0.508 e. The van der Waals surface area contributed by atoms with E-state index < -0.39 is 0 Å². The van der Waals surface area contributed by atoms with E-state index in [0.29, 0.717) is 5.56 Å². The van der Waals surface area contributed by atoms with E-state index in [4.69, 9.17) is 0 Å². The van der Waals surface area contributed by atoms with Gasteiger partial charge in [-0.1, -0.05) is 28.1 Å². The molecule has 2 aromatic rings. The van der Waals surface area contributed by atoms with Crippen LogP contribution in [0, 0.1) is 5.82 Å². The minimum atomic E-state index is -0.345. The predicted molar refractivity (Wildman–Crippen MR) is 82.2 cm³/mol. The van der Waals surface area contributed by atoms with E-state index >= 15 is 0 Å². The molecule has 2 aromatic carbocycles. The zero-order valence-electron chi connectivity index (χ0n) is 11.4. The molecule has 20 heavy (non-hydrogen) atoms. The minimum absolute atomic E-state index is 0.0979. The van der Waals surface area contributed by atoms with Crippen LogP contribution in [0.15, 0.2) is 46.9 Å². The van der Waals surface area contributed by atoms with Crippen LogP contribution in [0.2, 0.25) is 0 Å². The van der Waals surface area contributed by atoms with Crippen molar-refractivity contribution in [3.05, 3.63) is 63.9 Å². The van der Waals surface area contributed by atoms with Gasteiger partial charge in [-0.25, -0.2) is 4.39 Å². The summed E-state index contributed by atoms with van der Waals surface area (Å²) >= 11 is 3.40. The molecule has 2 rings (SSSR count). The van der Waals surface area contributed by atoms with Crippen LogP contribution in [-0.2, 0) is 0 Å². The van der Waals surface area contributed by atoms with Gasteiger partial charge in [0.15, 0.2) is 0 Å². The van der Waals surface area contributed by atoms with Gasteiger partial charge in [0.1, 0.15) is 11.6 Å². The lowest BCUT2D eigenvalue weighted by Gasteiger charge is -2.21. The van der Waals surface area contributed by atoms with Crippen LogP contribution in [0.4, 0.5) is 4.39 Å². The zero-order valence-corrected chi connectivity index (χ0v) is 13.0. The Morgan fingerprint density at radius 3 is 2.35 bits per heavy atom. The molecule has 0 amide bonds. The quantitative estimate of drug-likeness (QED) is 0.847. The number of benzene rings is 2. The van der Waals surface area contributed by atoms with E-state index in [9.17, 15) is 9.50 Å². The van der Waals surface area contributed by atoms with E-state index in [-0.39, 0.29) is 23.7 Å². The molecule has 2 nitrogen and oxygen atoms in total. The summed E-state index contributed by atoms with van der Waals surface area (Å²) in [5.41, 5.74) is 1.70. The van der Waals surface area contributed by atoms with E-state index in [1.807, 2.05) is 38.1 Å². The Morgan fingerprint density at radius 2 is 1.70 bits per heavy atom. The number of hydrogen-bond donors (Lipinski definition) is 2. The number of rotatable bonds is 4. The van der Waals surface area contributed by atoms with Crippen LogP contribution in [0.5, 0.6) is 5.75 Å². The molecule has 0 saturated heterocycles. The number of halogens is 2. The van der Waals surface area contributed by atoms with E-state index in [1.165, 1.54) is 18.2 Å². The van der Waals surface area contributed by atoms with E-state index in [2.05, 4.69) is 21.2 Å². The Kier molecular flexibility index (Phi) is 4.78. The highest BCUT2D eigenvalue weighted by Gasteiger charge is 2.14. The average molecular weight is 338 g/mol. The maximum absolute atomic E-state index is 13.3. The van der Waals surface area contributed by atoms with Crippen molar-refractivity contribution >= 4 is 15.9 Å². The molecular weight excluding hydrogens is 321 g/mol. The fourth-order valence-electron chi connectivity index (χ4n) is 2.18. The van der Waals surface area contributed by atoms with Crippen molar-refractivity contribution in [1.82, 2.24) is 5.32 Å². The molecule has 0 spiro atoms. The van der Waals surface area contributed by atoms with Crippen LogP contribution in [0.3, 0.4) is 0 Å². The van der Waals surface area contributed by atoms with Crippen LogP contribution >= 0.6 is 15.9 Å². The molecule has 4 heteroatoms. The summed E-state index contributed by atoms with van der Waals surface area (Å²) in [6.07, 6.45) is 0. The maximum Gasteiger partial charge on any atom is 0.123 e. The van der Waals surface area contributed by atoms with Gasteiger partial charge in [0.2, 0.25) is 0 Å². The first kappa shape index (κ1) is 15.0. The van der Waals surface area contributed by atoms with Gasteiger partial charge in [-0.3, -0.25) is 0 Å². The fourth-order valence-corrected chi connectivity index (χ4v) is 2.45. The summed E-state index contributed by atoms with van der Waals surface area (Å²) in [6.45, 7) is 3.94.